The second-order valence-electron chi connectivity index (χ2n) is 4.79. The van der Waals surface area contributed by atoms with E-state index < -0.39 is 0 Å². The summed E-state index contributed by atoms with van der Waals surface area (Å²) in [5.74, 6) is 1.42. The monoisotopic (exact) mass is 279 g/mol. The Bertz CT molecular complexity index is 475. The first-order valence-corrected chi connectivity index (χ1v) is 6.71. The Labute approximate surface area is 119 Å². The molecule has 1 aromatic rings. The summed E-state index contributed by atoms with van der Waals surface area (Å²) in [6.07, 6.45) is 1.97. The first-order chi connectivity index (χ1) is 9.71. The van der Waals surface area contributed by atoms with Crippen LogP contribution in [0.1, 0.15) is 24.4 Å². The van der Waals surface area contributed by atoms with E-state index in [-0.39, 0.29) is 18.6 Å². The Morgan fingerprint density at radius 2 is 2.00 bits per heavy atom. The molecule has 2 rings (SSSR count). The summed E-state index contributed by atoms with van der Waals surface area (Å²) in [5.41, 5.74) is 1.07. The Morgan fingerprint density at radius 1 is 1.25 bits per heavy atom. The molecule has 0 saturated carbocycles. The van der Waals surface area contributed by atoms with Gasteiger partial charge in [0, 0.05) is 13.7 Å². The molecule has 1 aliphatic rings. The van der Waals surface area contributed by atoms with Gasteiger partial charge in [-0.05, 0) is 30.5 Å². The number of benzene rings is 1. The van der Waals surface area contributed by atoms with Gasteiger partial charge in [0.25, 0.3) is 0 Å². The van der Waals surface area contributed by atoms with Crippen molar-refractivity contribution in [2.75, 3.05) is 34.5 Å². The van der Waals surface area contributed by atoms with Crippen LogP contribution in [0.3, 0.4) is 0 Å². The third-order valence-electron chi connectivity index (χ3n) is 3.63. The molecule has 1 aromatic carbocycles. The quantitative estimate of drug-likeness (QED) is 0.827. The fraction of sp³-hybridized carbons (Fsp3) is 0.533. The number of hydrogen-bond donors (Lipinski definition) is 0. The molecule has 0 spiro atoms. The van der Waals surface area contributed by atoms with Crippen molar-refractivity contribution in [3.05, 3.63) is 23.8 Å². The van der Waals surface area contributed by atoms with Crippen LogP contribution in [-0.4, -0.2) is 45.3 Å². The minimum atomic E-state index is 0.0322. The van der Waals surface area contributed by atoms with Crippen LogP contribution in [0.2, 0.25) is 0 Å². The summed E-state index contributed by atoms with van der Waals surface area (Å²) < 4.78 is 15.5. The lowest BCUT2D eigenvalue weighted by Crippen LogP contribution is -2.33. The molecule has 110 valence electrons. The van der Waals surface area contributed by atoms with Crippen LogP contribution < -0.4 is 9.47 Å². The number of amides is 1. The SMILES string of the molecule is COCC(=O)N1CCC[C@@H]1c1ccc(OC)c(OC)c1. The molecule has 0 bridgehead atoms. The highest BCUT2D eigenvalue weighted by molar-refractivity contribution is 5.78. The highest BCUT2D eigenvalue weighted by atomic mass is 16.5. The number of carbonyl (C=O) groups excluding carboxylic acids is 1. The first kappa shape index (κ1) is 14.7. The molecule has 5 heteroatoms. The lowest BCUT2D eigenvalue weighted by atomic mass is 10.0. The van der Waals surface area contributed by atoms with Crippen LogP contribution in [0.5, 0.6) is 11.5 Å². The van der Waals surface area contributed by atoms with Gasteiger partial charge in [0.15, 0.2) is 11.5 Å². The minimum absolute atomic E-state index is 0.0322. The van der Waals surface area contributed by atoms with E-state index in [2.05, 4.69) is 0 Å². The number of likely N-dealkylation sites (tertiary alicyclic amines) is 1. The summed E-state index contributed by atoms with van der Waals surface area (Å²) >= 11 is 0. The molecule has 0 aliphatic carbocycles. The Balaban J connectivity index is 2.23. The number of hydrogen-bond acceptors (Lipinski definition) is 4. The molecule has 1 saturated heterocycles. The predicted octanol–water partition coefficient (Wildman–Crippen LogP) is 2.01. The maximum Gasteiger partial charge on any atom is 0.249 e. The predicted molar refractivity (Wildman–Crippen MR) is 75.1 cm³/mol. The van der Waals surface area contributed by atoms with E-state index in [0.717, 1.165) is 24.9 Å². The molecule has 1 heterocycles. The van der Waals surface area contributed by atoms with E-state index >= 15 is 0 Å². The molecule has 1 aliphatic heterocycles. The third-order valence-corrected chi connectivity index (χ3v) is 3.63. The number of ether oxygens (including phenoxy) is 3. The molecule has 5 nitrogen and oxygen atoms in total. The zero-order chi connectivity index (χ0) is 14.5. The van der Waals surface area contributed by atoms with Crippen LogP contribution >= 0.6 is 0 Å². The number of rotatable bonds is 5. The Morgan fingerprint density at radius 3 is 2.65 bits per heavy atom. The van der Waals surface area contributed by atoms with E-state index in [1.165, 1.54) is 0 Å². The van der Waals surface area contributed by atoms with E-state index in [1.54, 1.807) is 21.3 Å². The standard InChI is InChI=1S/C15H21NO4/c1-18-10-15(17)16-8-4-5-12(16)11-6-7-13(19-2)14(9-11)20-3/h6-7,9,12H,4-5,8,10H2,1-3H3/t12-/m1/s1. The largest absolute Gasteiger partial charge is 0.493 e. The van der Waals surface area contributed by atoms with Gasteiger partial charge in [-0.1, -0.05) is 6.07 Å². The molecule has 0 aromatic heterocycles. The third kappa shape index (κ3) is 2.88. The second kappa shape index (κ2) is 6.61. The van der Waals surface area contributed by atoms with Crippen molar-refractivity contribution in [2.24, 2.45) is 0 Å². The summed E-state index contributed by atoms with van der Waals surface area (Å²) in [6.45, 7) is 0.908. The summed E-state index contributed by atoms with van der Waals surface area (Å²) in [5, 5.41) is 0. The van der Waals surface area contributed by atoms with Crippen LogP contribution in [0.4, 0.5) is 0 Å². The molecule has 0 N–H and O–H groups in total. The zero-order valence-corrected chi connectivity index (χ0v) is 12.2. The average Bonchev–Trinajstić information content (AvgIpc) is 2.96. The van der Waals surface area contributed by atoms with Gasteiger partial charge in [-0.3, -0.25) is 4.79 Å². The molecule has 20 heavy (non-hydrogen) atoms. The van der Waals surface area contributed by atoms with E-state index in [9.17, 15) is 4.79 Å². The van der Waals surface area contributed by atoms with Crippen molar-refractivity contribution in [3.8, 4) is 11.5 Å². The number of carbonyl (C=O) groups is 1. The zero-order valence-electron chi connectivity index (χ0n) is 12.2. The minimum Gasteiger partial charge on any atom is -0.493 e. The average molecular weight is 279 g/mol. The van der Waals surface area contributed by atoms with Crippen molar-refractivity contribution in [3.63, 3.8) is 0 Å². The van der Waals surface area contributed by atoms with Gasteiger partial charge >= 0.3 is 0 Å². The van der Waals surface area contributed by atoms with Gasteiger partial charge in [-0.2, -0.15) is 0 Å². The Kier molecular flexibility index (Phi) is 4.84. The summed E-state index contributed by atoms with van der Waals surface area (Å²) in [4.78, 5) is 13.9. The normalized spacial score (nSPS) is 18.1. The molecule has 0 radical (unpaired) electrons. The van der Waals surface area contributed by atoms with Crippen molar-refractivity contribution < 1.29 is 19.0 Å². The van der Waals surface area contributed by atoms with Crippen LogP contribution in [0.15, 0.2) is 18.2 Å². The van der Waals surface area contributed by atoms with Crippen molar-refractivity contribution in [1.82, 2.24) is 4.90 Å². The van der Waals surface area contributed by atoms with Crippen molar-refractivity contribution >= 4 is 5.91 Å². The fourth-order valence-corrected chi connectivity index (χ4v) is 2.68. The van der Waals surface area contributed by atoms with Gasteiger partial charge < -0.3 is 19.1 Å². The van der Waals surface area contributed by atoms with Gasteiger partial charge in [-0.25, -0.2) is 0 Å². The lowest BCUT2D eigenvalue weighted by Gasteiger charge is -2.25. The highest BCUT2D eigenvalue weighted by Crippen LogP contribution is 2.36. The Hall–Kier alpha value is -1.75. The van der Waals surface area contributed by atoms with Crippen molar-refractivity contribution in [1.29, 1.82) is 0 Å². The van der Waals surface area contributed by atoms with E-state index in [4.69, 9.17) is 14.2 Å². The molecule has 1 atom stereocenters. The van der Waals surface area contributed by atoms with Gasteiger partial charge in [0.1, 0.15) is 6.61 Å². The second-order valence-corrected chi connectivity index (χ2v) is 4.79. The van der Waals surface area contributed by atoms with E-state index in [1.807, 2.05) is 23.1 Å². The molecular weight excluding hydrogens is 258 g/mol. The maximum atomic E-state index is 12.1. The van der Waals surface area contributed by atoms with Crippen LogP contribution in [0, 0.1) is 0 Å². The molecule has 0 unspecified atom stereocenters. The molecule has 1 fully saturated rings. The van der Waals surface area contributed by atoms with Crippen LogP contribution in [0.25, 0.3) is 0 Å². The van der Waals surface area contributed by atoms with Gasteiger partial charge in [-0.15, -0.1) is 0 Å². The van der Waals surface area contributed by atoms with Gasteiger partial charge in [0.2, 0.25) is 5.91 Å². The summed E-state index contributed by atoms with van der Waals surface area (Å²) in [7, 11) is 4.77. The van der Waals surface area contributed by atoms with Crippen molar-refractivity contribution in [2.45, 2.75) is 18.9 Å². The highest BCUT2D eigenvalue weighted by Gasteiger charge is 2.30. The number of nitrogens with zero attached hydrogens (tertiary/aromatic N) is 1. The number of methoxy groups -OCH3 is 3. The maximum absolute atomic E-state index is 12.1. The van der Waals surface area contributed by atoms with Gasteiger partial charge in [0.05, 0.1) is 20.3 Å². The fourth-order valence-electron chi connectivity index (χ4n) is 2.68. The molecular formula is C15H21NO4. The van der Waals surface area contributed by atoms with Crippen LogP contribution in [-0.2, 0) is 9.53 Å². The topological polar surface area (TPSA) is 48.0 Å². The molecule has 1 amide bonds. The summed E-state index contributed by atoms with van der Waals surface area (Å²) in [6, 6.07) is 5.91. The first-order valence-electron chi connectivity index (χ1n) is 6.71. The lowest BCUT2D eigenvalue weighted by molar-refractivity contribution is -0.136. The van der Waals surface area contributed by atoms with E-state index in [0.29, 0.717) is 11.5 Å². The smallest absolute Gasteiger partial charge is 0.249 e.